The topological polar surface area (TPSA) is 46.5 Å². The number of carboxylic acid groups (broad SMARTS) is 1. The maximum atomic E-state index is 10.2. The van der Waals surface area contributed by atoms with Crippen molar-refractivity contribution in [2.75, 3.05) is 0 Å². The van der Waals surface area contributed by atoms with Gasteiger partial charge in [0.1, 0.15) is 0 Å². The summed E-state index contributed by atoms with van der Waals surface area (Å²) in [6.07, 6.45) is 2.16. The van der Waals surface area contributed by atoms with Crippen molar-refractivity contribution < 1.29 is 14.6 Å². The molecule has 0 aliphatic carbocycles. The molecule has 0 radical (unpaired) electrons. The van der Waals surface area contributed by atoms with Gasteiger partial charge >= 0.3 is 5.97 Å². The summed E-state index contributed by atoms with van der Waals surface area (Å²) in [7, 11) is 0. The molecule has 72 valence electrons. The molecular weight excluding hydrogens is 156 g/mol. The Labute approximate surface area is 73.7 Å². The standard InChI is InChI=1S/C9H18O3/c1-7(2)12-8(3)5-4-6-9(10)11/h7-8H,4-6H2,1-3H3,(H,10,11). The minimum absolute atomic E-state index is 0.171. The summed E-state index contributed by atoms with van der Waals surface area (Å²) in [6, 6.07) is 0. The van der Waals surface area contributed by atoms with E-state index in [1.807, 2.05) is 20.8 Å². The molecule has 0 aromatic rings. The Morgan fingerprint density at radius 1 is 1.42 bits per heavy atom. The lowest BCUT2D eigenvalue weighted by molar-refractivity contribution is -0.137. The van der Waals surface area contributed by atoms with Gasteiger partial charge in [0, 0.05) is 6.42 Å². The first kappa shape index (κ1) is 11.4. The van der Waals surface area contributed by atoms with Crippen molar-refractivity contribution in [1.29, 1.82) is 0 Å². The zero-order chi connectivity index (χ0) is 9.56. The number of hydrogen-bond acceptors (Lipinski definition) is 2. The molecule has 0 heterocycles. The first-order chi connectivity index (χ1) is 5.52. The quantitative estimate of drug-likeness (QED) is 0.670. The van der Waals surface area contributed by atoms with Gasteiger partial charge in [-0.15, -0.1) is 0 Å². The predicted molar refractivity (Wildman–Crippen MR) is 47.2 cm³/mol. The molecule has 1 N–H and O–H groups in total. The minimum Gasteiger partial charge on any atom is -0.481 e. The van der Waals surface area contributed by atoms with E-state index in [9.17, 15) is 4.79 Å². The molecule has 0 amide bonds. The van der Waals surface area contributed by atoms with Crippen molar-refractivity contribution in [3.05, 3.63) is 0 Å². The molecule has 0 fully saturated rings. The Morgan fingerprint density at radius 3 is 2.42 bits per heavy atom. The summed E-state index contributed by atoms with van der Waals surface area (Å²) in [5.41, 5.74) is 0. The van der Waals surface area contributed by atoms with Crippen molar-refractivity contribution >= 4 is 5.97 Å². The smallest absolute Gasteiger partial charge is 0.303 e. The summed E-state index contributed by atoms with van der Waals surface area (Å²) in [5, 5.41) is 8.37. The molecule has 0 rings (SSSR count). The van der Waals surface area contributed by atoms with Gasteiger partial charge in [-0.25, -0.2) is 0 Å². The van der Waals surface area contributed by atoms with Gasteiger partial charge in [-0.2, -0.15) is 0 Å². The minimum atomic E-state index is -0.730. The fourth-order valence-electron chi connectivity index (χ4n) is 1.07. The monoisotopic (exact) mass is 174 g/mol. The number of rotatable bonds is 6. The van der Waals surface area contributed by atoms with Gasteiger partial charge in [-0.3, -0.25) is 4.79 Å². The van der Waals surface area contributed by atoms with E-state index >= 15 is 0 Å². The summed E-state index contributed by atoms with van der Waals surface area (Å²) in [5.74, 6) is -0.730. The van der Waals surface area contributed by atoms with Crippen molar-refractivity contribution in [3.8, 4) is 0 Å². The lowest BCUT2D eigenvalue weighted by Gasteiger charge is -2.14. The average molecular weight is 174 g/mol. The maximum Gasteiger partial charge on any atom is 0.303 e. The number of hydrogen-bond donors (Lipinski definition) is 1. The first-order valence-electron chi connectivity index (χ1n) is 4.39. The van der Waals surface area contributed by atoms with Gasteiger partial charge in [0.2, 0.25) is 0 Å². The molecule has 0 aromatic carbocycles. The van der Waals surface area contributed by atoms with E-state index in [0.29, 0.717) is 6.42 Å². The Kier molecular flexibility index (Phi) is 5.72. The Balaban J connectivity index is 3.31. The molecule has 0 aliphatic rings. The highest BCUT2D eigenvalue weighted by atomic mass is 16.5. The van der Waals surface area contributed by atoms with Crippen LogP contribution in [-0.4, -0.2) is 23.3 Å². The van der Waals surface area contributed by atoms with Gasteiger partial charge in [-0.05, 0) is 33.6 Å². The van der Waals surface area contributed by atoms with E-state index in [0.717, 1.165) is 6.42 Å². The van der Waals surface area contributed by atoms with Crippen LogP contribution >= 0.6 is 0 Å². The van der Waals surface area contributed by atoms with Crippen molar-refractivity contribution in [3.63, 3.8) is 0 Å². The highest BCUT2D eigenvalue weighted by Gasteiger charge is 2.05. The van der Waals surface area contributed by atoms with E-state index in [2.05, 4.69) is 0 Å². The molecule has 3 nitrogen and oxygen atoms in total. The molecule has 0 spiro atoms. The molecule has 0 saturated heterocycles. The summed E-state index contributed by atoms with van der Waals surface area (Å²) in [4.78, 5) is 10.2. The average Bonchev–Trinajstić information content (AvgIpc) is 1.84. The Morgan fingerprint density at radius 2 is 2.00 bits per heavy atom. The maximum absolute atomic E-state index is 10.2. The van der Waals surface area contributed by atoms with Crippen LogP contribution in [0, 0.1) is 0 Å². The molecular formula is C9H18O3. The van der Waals surface area contributed by atoms with E-state index in [-0.39, 0.29) is 18.6 Å². The van der Waals surface area contributed by atoms with Crippen LogP contribution in [0.2, 0.25) is 0 Å². The molecule has 12 heavy (non-hydrogen) atoms. The molecule has 0 aromatic heterocycles. The van der Waals surface area contributed by atoms with Crippen molar-refractivity contribution in [2.45, 2.75) is 52.2 Å². The third kappa shape index (κ3) is 7.54. The fraction of sp³-hybridized carbons (Fsp3) is 0.889. The van der Waals surface area contributed by atoms with Crippen molar-refractivity contribution in [1.82, 2.24) is 0 Å². The third-order valence-corrected chi connectivity index (χ3v) is 1.51. The lowest BCUT2D eigenvalue weighted by atomic mass is 10.2. The van der Waals surface area contributed by atoms with Gasteiger partial charge in [0.25, 0.3) is 0 Å². The molecule has 0 bridgehead atoms. The number of carboxylic acids is 1. The SMILES string of the molecule is CC(C)OC(C)CCCC(=O)O. The molecule has 1 unspecified atom stereocenters. The second-order valence-electron chi connectivity index (χ2n) is 3.28. The third-order valence-electron chi connectivity index (χ3n) is 1.51. The highest BCUT2D eigenvalue weighted by Crippen LogP contribution is 2.06. The lowest BCUT2D eigenvalue weighted by Crippen LogP contribution is -2.14. The van der Waals surface area contributed by atoms with Crippen LogP contribution in [0.25, 0.3) is 0 Å². The zero-order valence-electron chi connectivity index (χ0n) is 8.04. The second-order valence-corrected chi connectivity index (χ2v) is 3.28. The van der Waals surface area contributed by atoms with Gasteiger partial charge < -0.3 is 9.84 Å². The second kappa shape index (κ2) is 6.00. The van der Waals surface area contributed by atoms with Crippen LogP contribution in [0.15, 0.2) is 0 Å². The van der Waals surface area contributed by atoms with E-state index in [1.54, 1.807) is 0 Å². The number of carbonyl (C=O) groups is 1. The molecule has 3 heteroatoms. The molecule has 0 saturated carbocycles. The predicted octanol–water partition coefficient (Wildman–Crippen LogP) is 2.05. The Hall–Kier alpha value is -0.570. The van der Waals surface area contributed by atoms with Crippen LogP contribution in [0.3, 0.4) is 0 Å². The molecule has 1 atom stereocenters. The van der Waals surface area contributed by atoms with E-state index in [1.165, 1.54) is 0 Å². The van der Waals surface area contributed by atoms with Crippen LogP contribution < -0.4 is 0 Å². The zero-order valence-corrected chi connectivity index (χ0v) is 8.04. The summed E-state index contributed by atoms with van der Waals surface area (Å²) >= 11 is 0. The van der Waals surface area contributed by atoms with Crippen LogP contribution in [0.1, 0.15) is 40.0 Å². The van der Waals surface area contributed by atoms with E-state index in [4.69, 9.17) is 9.84 Å². The highest BCUT2D eigenvalue weighted by molar-refractivity contribution is 5.66. The van der Waals surface area contributed by atoms with Crippen LogP contribution in [-0.2, 0) is 9.53 Å². The van der Waals surface area contributed by atoms with Gasteiger partial charge in [-0.1, -0.05) is 0 Å². The van der Waals surface area contributed by atoms with Crippen molar-refractivity contribution in [2.24, 2.45) is 0 Å². The van der Waals surface area contributed by atoms with Crippen LogP contribution in [0.5, 0.6) is 0 Å². The van der Waals surface area contributed by atoms with Gasteiger partial charge in [0.15, 0.2) is 0 Å². The number of aliphatic carboxylic acids is 1. The summed E-state index contributed by atoms with van der Waals surface area (Å²) in [6.45, 7) is 5.93. The van der Waals surface area contributed by atoms with E-state index < -0.39 is 5.97 Å². The summed E-state index contributed by atoms with van der Waals surface area (Å²) < 4.78 is 5.44. The molecule has 0 aliphatic heterocycles. The number of ether oxygens (including phenoxy) is 1. The van der Waals surface area contributed by atoms with Gasteiger partial charge in [0.05, 0.1) is 12.2 Å². The van der Waals surface area contributed by atoms with Crippen LogP contribution in [0.4, 0.5) is 0 Å². The Bertz CT molecular complexity index is 132. The largest absolute Gasteiger partial charge is 0.481 e. The normalized spacial score (nSPS) is 13.3. The fourth-order valence-corrected chi connectivity index (χ4v) is 1.07. The first-order valence-corrected chi connectivity index (χ1v) is 4.39.